The maximum absolute atomic E-state index is 4.20. The molecule has 1 aromatic heterocycles. The lowest BCUT2D eigenvalue weighted by Gasteiger charge is -1.95. The monoisotopic (exact) mass is 185 g/mol. The zero-order chi connectivity index (χ0) is 9.80. The van der Waals surface area contributed by atoms with Crippen LogP contribution in [0.1, 0.15) is 23.9 Å². The van der Waals surface area contributed by atoms with Crippen molar-refractivity contribution in [3.05, 3.63) is 53.3 Å². The number of nitrogens with zero attached hydrogens (tertiary/aromatic N) is 1. The molecule has 0 aliphatic rings. The van der Waals surface area contributed by atoms with E-state index in [-0.39, 0.29) is 0 Å². The van der Waals surface area contributed by atoms with Gasteiger partial charge in [0.2, 0.25) is 0 Å². The van der Waals surface area contributed by atoms with Crippen LogP contribution in [0.4, 0.5) is 0 Å². The fourth-order valence-corrected chi connectivity index (χ4v) is 1.41. The lowest BCUT2D eigenvalue weighted by atomic mass is 10.1. The molecule has 0 unspecified atom stereocenters. The third-order valence-corrected chi connectivity index (χ3v) is 2.19. The molecule has 1 heterocycles. The van der Waals surface area contributed by atoms with Crippen molar-refractivity contribution in [2.75, 3.05) is 0 Å². The van der Waals surface area contributed by atoms with Crippen LogP contribution < -0.4 is 0 Å². The number of hydrogen-bond donors (Lipinski definition) is 1. The summed E-state index contributed by atoms with van der Waals surface area (Å²) in [5.74, 6) is 0. The van der Waals surface area contributed by atoms with Crippen LogP contribution in [0.5, 0.6) is 0 Å². The van der Waals surface area contributed by atoms with Crippen molar-refractivity contribution in [2.24, 2.45) is 0 Å². The average molecular weight is 185 g/mol. The Kier molecular flexibility index (Phi) is 2.63. The van der Waals surface area contributed by atoms with Crippen molar-refractivity contribution in [3.8, 4) is 0 Å². The van der Waals surface area contributed by atoms with Crippen molar-refractivity contribution in [1.82, 2.24) is 10.2 Å². The van der Waals surface area contributed by atoms with Crippen LogP contribution in [0.2, 0.25) is 0 Å². The maximum atomic E-state index is 4.20. The molecule has 0 saturated carbocycles. The quantitative estimate of drug-likeness (QED) is 0.781. The zero-order valence-electron chi connectivity index (χ0n) is 8.25. The summed E-state index contributed by atoms with van der Waals surface area (Å²) in [4.78, 5) is 0. The molecule has 71 valence electrons. The van der Waals surface area contributed by atoms with Crippen LogP contribution in [0.15, 0.2) is 30.3 Å². The van der Waals surface area contributed by atoms with E-state index in [1.165, 1.54) is 5.56 Å². The molecule has 2 rings (SSSR count). The molecule has 0 aliphatic heterocycles. The number of aryl methyl sites for hydroxylation is 1. The highest BCUT2D eigenvalue weighted by molar-refractivity contribution is 5.21. The lowest BCUT2D eigenvalue weighted by Crippen LogP contribution is -1.87. The molecule has 0 atom stereocenters. The maximum Gasteiger partial charge on any atom is 0.0748 e. The highest BCUT2D eigenvalue weighted by Crippen LogP contribution is 2.07. The molecule has 1 radical (unpaired) electrons. The van der Waals surface area contributed by atoms with E-state index in [1.807, 2.05) is 18.2 Å². The Balaban J connectivity index is 2.11. The molecular formula is C12H13N2. The van der Waals surface area contributed by atoms with E-state index >= 15 is 0 Å². The highest BCUT2D eigenvalue weighted by atomic mass is 15.1. The third kappa shape index (κ3) is 2.02. The summed E-state index contributed by atoms with van der Waals surface area (Å²) in [6.45, 7) is 2.09. The van der Waals surface area contributed by atoms with Gasteiger partial charge in [0.05, 0.1) is 5.69 Å². The van der Waals surface area contributed by atoms with Crippen LogP contribution in [-0.2, 0) is 12.8 Å². The molecule has 1 N–H and O–H groups in total. The number of benzene rings is 1. The summed E-state index contributed by atoms with van der Waals surface area (Å²) in [6.07, 6.45) is 1.82. The van der Waals surface area contributed by atoms with Crippen molar-refractivity contribution < 1.29 is 0 Å². The van der Waals surface area contributed by atoms with Gasteiger partial charge in [-0.25, -0.2) is 0 Å². The van der Waals surface area contributed by atoms with E-state index in [1.54, 1.807) is 0 Å². The predicted octanol–water partition coefficient (Wildman–Crippen LogP) is 2.36. The van der Waals surface area contributed by atoms with Gasteiger partial charge in [0, 0.05) is 18.2 Å². The molecule has 0 saturated heterocycles. The van der Waals surface area contributed by atoms with Crippen molar-refractivity contribution in [1.29, 1.82) is 0 Å². The number of aromatic nitrogens is 2. The fraction of sp³-hybridized carbons (Fsp3) is 0.250. The smallest absolute Gasteiger partial charge is 0.0748 e. The van der Waals surface area contributed by atoms with Gasteiger partial charge in [-0.1, -0.05) is 37.3 Å². The molecule has 2 aromatic rings. The van der Waals surface area contributed by atoms with E-state index < -0.39 is 0 Å². The predicted molar refractivity (Wildman–Crippen MR) is 56.0 cm³/mol. The normalized spacial score (nSPS) is 10.4. The second kappa shape index (κ2) is 4.09. The van der Waals surface area contributed by atoms with Crippen LogP contribution in [-0.4, -0.2) is 10.2 Å². The van der Waals surface area contributed by atoms with Gasteiger partial charge in [-0.05, 0) is 12.0 Å². The van der Waals surface area contributed by atoms with Gasteiger partial charge in [0.1, 0.15) is 0 Å². The van der Waals surface area contributed by atoms with Crippen molar-refractivity contribution in [3.63, 3.8) is 0 Å². The molecule has 2 nitrogen and oxygen atoms in total. The highest BCUT2D eigenvalue weighted by Gasteiger charge is 2.00. The number of H-pyrrole nitrogens is 1. The van der Waals surface area contributed by atoms with Crippen molar-refractivity contribution in [2.45, 2.75) is 19.8 Å². The Bertz CT molecular complexity index is 390. The largest absolute Gasteiger partial charge is 0.282 e. The van der Waals surface area contributed by atoms with Crippen molar-refractivity contribution >= 4 is 0 Å². The summed E-state index contributed by atoms with van der Waals surface area (Å²) in [5, 5.41) is 7.17. The van der Waals surface area contributed by atoms with E-state index in [2.05, 4.69) is 35.3 Å². The minimum atomic E-state index is 0.858. The molecule has 1 aromatic carbocycles. The Labute approximate surface area is 84.0 Å². The summed E-state index contributed by atoms with van der Waals surface area (Å²) in [6, 6.07) is 13.6. The number of rotatable bonds is 3. The molecule has 0 fully saturated rings. The summed E-state index contributed by atoms with van der Waals surface area (Å²) < 4.78 is 0. The van der Waals surface area contributed by atoms with Gasteiger partial charge in [0.15, 0.2) is 0 Å². The van der Waals surface area contributed by atoms with E-state index in [0.29, 0.717) is 0 Å². The first-order chi connectivity index (χ1) is 6.88. The molecule has 2 heteroatoms. The topological polar surface area (TPSA) is 28.7 Å². The molecular weight excluding hydrogens is 172 g/mol. The minimum Gasteiger partial charge on any atom is -0.282 e. The minimum absolute atomic E-state index is 0.858. The first-order valence-corrected chi connectivity index (χ1v) is 4.88. The Morgan fingerprint density at radius 1 is 1.29 bits per heavy atom. The molecule has 0 spiro atoms. The van der Waals surface area contributed by atoms with Crippen LogP contribution in [0.3, 0.4) is 0 Å². The second-order valence-electron chi connectivity index (χ2n) is 3.29. The van der Waals surface area contributed by atoms with Gasteiger partial charge in [0.25, 0.3) is 0 Å². The van der Waals surface area contributed by atoms with Crippen LogP contribution in [0, 0.1) is 6.07 Å². The first kappa shape index (κ1) is 9.00. The first-order valence-electron chi connectivity index (χ1n) is 4.88. The summed E-state index contributed by atoms with van der Waals surface area (Å²) in [7, 11) is 0. The van der Waals surface area contributed by atoms with Gasteiger partial charge in [-0.3, -0.25) is 5.10 Å². The molecule has 14 heavy (non-hydrogen) atoms. The number of aromatic amines is 1. The Morgan fingerprint density at radius 3 is 2.71 bits per heavy atom. The standard InChI is InChI=1S/C12H13N2/c1-2-11-9-12(14-13-11)8-10-6-4-3-5-7-10/h3-7H,2,8H2,1H3,(H,13,14). The molecule has 0 amide bonds. The van der Waals surface area contributed by atoms with Gasteiger partial charge >= 0.3 is 0 Å². The van der Waals surface area contributed by atoms with E-state index in [4.69, 9.17) is 0 Å². The Morgan fingerprint density at radius 2 is 2.07 bits per heavy atom. The summed E-state index contributed by atoms with van der Waals surface area (Å²) in [5.41, 5.74) is 3.35. The van der Waals surface area contributed by atoms with E-state index in [0.717, 1.165) is 24.2 Å². The second-order valence-corrected chi connectivity index (χ2v) is 3.29. The Hall–Kier alpha value is -1.57. The van der Waals surface area contributed by atoms with Crippen LogP contribution >= 0.6 is 0 Å². The van der Waals surface area contributed by atoms with Gasteiger partial charge in [-0.2, -0.15) is 5.10 Å². The lowest BCUT2D eigenvalue weighted by molar-refractivity contribution is 0.946. The SMILES string of the molecule is CCc1[c]c(Cc2ccccc2)n[nH]1. The number of hydrogen-bond acceptors (Lipinski definition) is 1. The molecule has 0 bridgehead atoms. The van der Waals surface area contributed by atoms with E-state index in [9.17, 15) is 0 Å². The summed E-state index contributed by atoms with van der Waals surface area (Å²) >= 11 is 0. The average Bonchev–Trinajstić information content (AvgIpc) is 2.67. The van der Waals surface area contributed by atoms with Gasteiger partial charge < -0.3 is 0 Å². The zero-order valence-corrected chi connectivity index (χ0v) is 8.25. The number of nitrogens with one attached hydrogen (secondary N) is 1. The molecule has 0 aliphatic carbocycles. The third-order valence-electron chi connectivity index (χ3n) is 2.19. The van der Waals surface area contributed by atoms with Gasteiger partial charge in [-0.15, -0.1) is 0 Å². The van der Waals surface area contributed by atoms with Crippen LogP contribution in [0.25, 0.3) is 0 Å². The fourth-order valence-electron chi connectivity index (χ4n) is 1.41.